The molecule has 2 aliphatic carbocycles. The van der Waals surface area contributed by atoms with Crippen LogP contribution in [-0.2, 0) is 64.9 Å². The number of sulfone groups is 1. The van der Waals surface area contributed by atoms with Crippen LogP contribution in [0.25, 0.3) is 0 Å². The molecule has 0 radical (unpaired) electrons. The third kappa shape index (κ3) is 18.6. The van der Waals surface area contributed by atoms with Crippen LogP contribution in [0.15, 0.2) is 127 Å². The van der Waals surface area contributed by atoms with E-state index in [1.54, 1.807) is 6.92 Å². The van der Waals surface area contributed by atoms with E-state index in [0.717, 1.165) is 68.5 Å². The Bertz CT molecular complexity index is 4330. The monoisotopic (exact) mass is 1470 g/mol. The third-order valence-corrected chi connectivity index (χ3v) is 24.8. The zero-order chi connectivity index (χ0) is 72.4. The Kier molecular flexibility index (Phi) is 25.5. The van der Waals surface area contributed by atoms with E-state index in [-0.39, 0.29) is 83.0 Å². The Balaban J connectivity index is 1.02. The highest BCUT2D eigenvalue weighted by molar-refractivity contribution is 7.93. The van der Waals surface area contributed by atoms with E-state index in [9.17, 15) is 62.4 Å². The molecule has 544 valence electrons. The highest BCUT2D eigenvalue weighted by Crippen LogP contribution is 2.61. The number of non-ortho nitro benzene ring substituents is 1. The number of likely N-dealkylation sites (N-methyl/N-ethyl adjacent to an activating group) is 1. The first-order valence-corrected chi connectivity index (χ1v) is 41.9. The number of quaternary nitrogens is 1. The number of unbranched alkanes of at least 4 members (excludes halogenated alkanes) is 13. The molecule has 31 heteroatoms. The maximum Gasteiger partial charge on any atom is 0.384 e. The number of amides is 1. The van der Waals surface area contributed by atoms with Crippen molar-refractivity contribution >= 4 is 90.0 Å². The number of carbonyl (C=O) groups is 1. The molecule has 5 aromatic rings. The topological polar surface area (TPSA) is 372 Å². The summed E-state index contributed by atoms with van der Waals surface area (Å²) >= 11 is 0. The molecule has 0 aromatic heterocycles. The van der Waals surface area contributed by atoms with Gasteiger partial charge < -0.3 is 24.4 Å². The largest absolute Gasteiger partial charge is 0.506 e. The van der Waals surface area contributed by atoms with E-state index in [4.69, 9.17) is 14.2 Å². The number of nitro groups is 1. The number of nitrogens with zero attached hydrogens (tertiary/aromatic N) is 4. The highest BCUT2D eigenvalue weighted by atomic mass is 32.2. The number of hydrogen-bond donors (Lipinski definition) is 6. The maximum atomic E-state index is 15.1. The van der Waals surface area contributed by atoms with Gasteiger partial charge in [-0.2, -0.15) is 10.2 Å². The fraction of sp³-hybridized carbons (Fsp3) is 0.544. The average molecular weight is 1470 g/mol. The zero-order valence-corrected chi connectivity index (χ0v) is 61.5. The second-order valence-corrected chi connectivity index (χ2v) is 35.8. The maximum absolute atomic E-state index is 15.1. The Labute approximate surface area is 583 Å². The number of benzene rings is 5. The number of ether oxygens (including phenoxy) is 3. The number of phenols is 1. The lowest BCUT2D eigenvalue weighted by Gasteiger charge is -2.48. The number of nitrogens with one attached hydrogen (secondary N) is 4. The second kappa shape index (κ2) is 32.4. The van der Waals surface area contributed by atoms with Crippen molar-refractivity contribution in [2.45, 2.75) is 199 Å². The molecule has 0 bridgehead atoms. The van der Waals surface area contributed by atoms with Crippen molar-refractivity contribution in [1.82, 2.24) is 9.21 Å². The summed E-state index contributed by atoms with van der Waals surface area (Å²) in [6.45, 7) is 10.1. The normalized spacial score (nSPS) is 21.3. The van der Waals surface area contributed by atoms with Crippen LogP contribution in [-0.4, -0.2) is 133 Å². The molecule has 5 aromatic carbocycles. The summed E-state index contributed by atoms with van der Waals surface area (Å²) in [5.74, 6) is -2.48. The number of nitro benzene ring substituents is 1. The summed E-state index contributed by atoms with van der Waals surface area (Å²) < 4.78 is 163. The zero-order valence-electron chi connectivity index (χ0n) is 57.4. The minimum atomic E-state index is -4.69. The van der Waals surface area contributed by atoms with Crippen LogP contribution in [0, 0.1) is 22.0 Å². The van der Waals surface area contributed by atoms with Crippen LogP contribution in [0.2, 0.25) is 0 Å². The Morgan fingerprint density at radius 2 is 1.29 bits per heavy atom. The number of methoxy groups -OCH3 is 1. The fourth-order valence-corrected chi connectivity index (χ4v) is 19.0. The van der Waals surface area contributed by atoms with Gasteiger partial charge in [0.1, 0.15) is 51.1 Å². The molecule has 6 N–H and O–H groups in total. The van der Waals surface area contributed by atoms with Crippen LogP contribution >= 0.6 is 0 Å². The van der Waals surface area contributed by atoms with Crippen molar-refractivity contribution in [2.24, 2.45) is 22.1 Å². The van der Waals surface area contributed by atoms with Crippen molar-refractivity contribution in [3.8, 4) is 17.2 Å². The first-order valence-electron chi connectivity index (χ1n) is 33.7. The molecule has 1 saturated heterocycles. The SMILES string of the molecule is CCCCCCCCCCCCCCCCOc1cc(O)c(NS(=O)(=O)c2cc(NS(=O)(=O)c3ccc([N+]4(CC)C(=O)C45CC(N=Nc4ccc([N+](=O)[O-])cc4S(C)(=O)=O)C4C(NS(=O)(=O)c6cccc(NS(C)(=O)=O)c6)CCCC4C5O)cc3)ccc2OCCOC)cc1C(C)(C)C. The standard InChI is InChI=1S/C68H94N8O18S5/c1-9-11-12-13-14-15-16-17-18-19-20-21-22-23-38-93-61-45-59(77)57(44-54(61)67(3,4)5)74-99(90,91)63-42-48(30-37-60(63)94-40-39-92-6)72-97(86,87)51-34-32-50(33-35-51)76(10-2)66(79)68(76)46-58(70-69-55-36-31-49(75(80)81)43-62(55)95(7,82)83)64-53(65(68)78)28-25-29-56(64)73-98(88,89)52-27-24-26-47(41-52)71-96(8,84)85/h24,26-27,30-37,41-45,53,56,58,64-65,71-73,78H,9-23,25,28-29,38-40,46H2,1-8H3,(H-,69,70,74,77)/p+1. The van der Waals surface area contributed by atoms with Crippen molar-refractivity contribution in [1.29, 1.82) is 0 Å². The number of hydrogen-bond acceptors (Lipinski definition) is 20. The van der Waals surface area contributed by atoms with Gasteiger partial charge in [-0.15, -0.1) is 0 Å². The summed E-state index contributed by atoms with van der Waals surface area (Å²) in [7, 11) is -20.3. The highest BCUT2D eigenvalue weighted by Gasteiger charge is 2.87. The number of phenolic OH excluding ortho intramolecular Hbond substituents is 1. The van der Waals surface area contributed by atoms with Crippen molar-refractivity contribution in [3.63, 3.8) is 0 Å². The number of sulfonamides is 4. The van der Waals surface area contributed by atoms with Crippen LogP contribution in [0.1, 0.15) is 156 Å². The van der Waals surface area contributed by atoms with Gasteiger partial charge in [-0.3, -0.25) is 24.3 Å². The molecule has 8 rings (SSSR count). The number of aliphatic hydroxyl groups excluding tert-OH is 1. The number of aliphatic hydroxyl groups is 1. The minimum Gasteiger partial charge on any atom is -0.506 e. The minimum absolute atomic E-state index is 0.00679. The van der Waals surface area contributed by atoms with Gasteiger partial charge in [-0.1, -0.05) is 124 Å². The van der Waals surface area contributed by atoms with E-state index < -0.39 is 127 Å². The van der Waals surface area contributed by atoms with Crippen LogP contribution in [0.3, 0.4) is 0 Å². The lowest BCUT2D eigenvalue weighted by Crippen LogP contribution is -2.62. The Hall–Kier alpha value is -6.84. The van der Waals surface area contributed by atoms with Crippen molar-refractivity contribution in [3.05, 3.63) is 113 Å². The van der Waals surface area contributed by atoms with Crippen molar-refractivity contribution in [2.75, 3.05) is 60.2 Å². The predicted octanol–water partition coefficient (Wildman–Crippen LogP) is 12.1. The number of aromatic hydroxyl groups is 1. The molecule has 2 saturated carbocycles. The van der Waals surface area contributed by atoms with Gasteiger partial charge in [-0.25, -0.2) is 56.1 Å². The third-order valence-electron chi connectivity index (χ3n) is 18.8. The lowest BCUT2D eigenvalue weighted by molar-refractivity contribution is -0.385. The number of fused-ring (bicyclic) bond motifs is 1. The van der Waals surface area contributed by atoms with E-state index in [2.05, 4.69) is 36.0 Å². The molecule has 7 unspecified atom stereocenters. The van der Waals surface area contributed by atoms with Crippen LogP contribution in [0.4, 0.5) is 34.1 Å². The molecular formula is C68H95N8O18S5+. The quantitative estimate of drug-likeness (QED) is 0.00409. The molecular weight excluding hydrogens is 1380 g/mol. The molecule has 1 amide bonds. The number of azo groups is 1. The number of carbonyl (C=O) groups excluding carboxylic acids is 1. The molecule has 1 spiro atoms. The fourth-order valence-electron chi connectivity index (χ4n) is 14.0. The molecule has 3 aliphatic rings. The molecule has 26 nitrogen and oxygen atoms in total. The summed E-state index contributed by atoms with van der Waals surface area (Å²) in [6.07, 6.45) is 17.6. The average Bonchev–Trinajstić information content (AvgIpc) is 1.48. The number of rotatable bonds is 37. The Morgan fingerprint density at radius 1 is 0.667 bits per heavy atom. The predicted molar refractivity (Wildman–Crippen MR) is 380 cm³/mol. The molecule has 7 atom stereocenters. The number of anilines is 3. The second-order valence-electron chi connectivity index (χ2n) is 27.0. The first kappa shape index (κ1) is 77.9. The van der Waals surface area contributed by atoms with E-state index in [1.807, 2.05) is 20.8 Å². The Morgan fingerprint density at radius 3 is 1.89 bits per heavy atom. The van der Waals surface area contributed by atoms with Gasteiger partial charge in [0.2, 0.25) is 20.0 Å². The lowest BCUT2D eigenvalue weighted by atomic mass is 9.61. The summed E-state index contributed by atoms with van der Waals surface area (Å²) in [4.78, 5) is 24.4. The smallest absolute Gasteiger partial charge is 0.384 e. The van der Waals surface area contributed by atoms with Gasteiger partial charge in [0, 0.05) is 73.3 Å². The first-order chi connectivity index (χ1) is 46.6. The summed E-state index contributed by atoms with van der Waals surface area (Å²) in [5, 5.41) is 44.9. The van der Waals surface area contributed by atoms with Crippen LogP contribution in [0.5, 0.6) is 17.2 Å². The van der Waals surface area contributed by atoms with E-state index >= 15 is 4.79 Å². The molecule has 99 heavy (non-hydrogen) atoms. The van der Waals surface area contributed by atoms with Crippen LogP contribution < -0.4 is 32.8 Å². The van der Waals surface area contributed by atoms with Crippen molar-refractivity contribution < 1.29 is 76.2 Å². The van der Waals surface area contributed by atoms with E-state index in [1.165, 1.54) is 138 Å². The molecule has 1 aliphatic heterocycles. The van der Waals surface area contributed by atoms with Gasteiger partial charge in [-0.05, 0) is 98.2 Å². The van der Waals surface area contributed by atoms with Gasteiger partial charge in [0.25, 0.3) is 31.3 Å². The van der Waals surface area contributed by atoms with E-state index in [0.29, 0.717) is 24.3 Å². The summed E-state index contributed by atoms with van der Waals surface area (Å²) in [6, 6.07) is 17.7. The van der Waals surface area contributed by atoms with Gasteiger partial charge in [0.05, 0.1) is 58.1 Å². The van der Waals surface area contributed by atoms with Gasteiger partial charge in [0.15, 0.2) is 9.84 Å². The summed E-state index contributed by atoms with van der Waals surface area (Å²) in [5.41, 5.74) is -2.66. The molecule has 1 heterocycles. The molecule has 3 fully saturated rings. The van der Waals surface area contributed by atoms with Gasteiger partial charge >= 0.3 is 5.91 Å².